The number of hydrogen-bond donors (Lipinski definition) is 1. The summed E-state index contributed by atoms with van der Waals surface area (Å²) in [6.07, 6.45) is -4.35. The molecule has 2 rings (SSSR count). The standard InChI is InChI=1S/C10H9BrF3NO3/c11-7-2-9-8(16-5-17-9)1-6(7)3-15-18-4-10(12,13)14/h1-2,15H,3-5H2. The quantitative estimate of drug-likeness (QED) is 0.682. The molecule has 0 bridgehead atoms. The second-order valence-electron chi connectivity index (χ2n) is 3.52. The first-order valence-corrected chi connectivity index (χ1v) is 5.74. The molecule has 0 amide bonds. The third kappa shape index (κ3) is 3.50. The molecule has 1 aliphatic heterocycles. The number of nitrogens with one attached hydrogen (secondary N) is 1. The first-order chi connectivity index (χ1) is 8.46. The predicted octanol–water partition coefficient (Wildman–Crippen LogP) is 2.76. The van der Waals surface area contributed by atoms with Crippen LogP contribution in [0.3, 0.4) is 0 Å². The van der Waals surface area contributed by atoms with Gasteiger partial charge in [-0.15, -0.1) is 0 Å². The normalized spacial score (nSPS) is 14.0. The van der Waals surface area contributed by atoms with Crippen molar-refractivity contribution in [2.75, 3.05) is 13.4 Å². The first-order valence-electron chi connectivity index (χ1n) is 4.95. The molecule has 4 nitrogen and oxygen atoms in total. The molecular formula is C10H9BrF3NO3. The molecule has 1 heterocycles. The zero-order chi connectivity index (χ0) is 13.2. The fourth-order valence-electron chi connectivity index (χ4n) is 1.36. The van der Waals surface area contributed by atoms with Crippen LogP contribution >= 0.6 is 15.9 Å². The van der Waals surface area contributed by atoms with E-state index in [9.17, 15) is 13.2 Å². The fourth-order valence-corrected chi connectivity index (χ4v) is 1.82. The van der Waals surface area contributed by atoms with Crippen LogP contribution in [0.4, 0.5) is 13.2 Å². The largest absolute Gasteiger partial charge is 0.454 e. The van der Waals surface area contributed by atoms with Crippen molar-refractivity contribution in [2.24, 2.45) is 0 Å². The number of rotatable bonds is 4. The van der Waals surface area contributed by atoms with Gasteiger partial charge in [0, 0.05) is 11.0 Å². The molecule has 0 atom stereocenters. The second kappa shape index (κ2) is 5.33. The van der Waals surface area contributed by atoms with Crippen molar-refractivity contribution >= 4 is 15.9 Å². The number of fused-ring (bicyclic) bond motifs is 1. The van der Waals surface area contributed by atoms with Gasteiger partial charge in [0.05, 0.1) is 0 Å². The van der Waals surface area contributed by atoms with Crippen molar-refractivity contribution in [1.29, 1.82) is 0 Å². The minimum Gasteiger partial charge on any atom is -0.454 e. The molecule has 1 aromatic carbocycles. The van der Waals surface area contributed by atoms with E-state index in [2.05, 4.69) is 26.2 Å². The average Bonchev–Trinajstić information content (AvgIpc) is 2.70. The molecular weight excluding hydrogens is 319 g/mol. The summed E-state index contributed by atoms with van der Waals surface area (Å²) >= 11 is 3.29. The number of alkyl halides is 3. The zero-order valence-corrected chi connectivity index (χ0v) is 10.6. The summed E-state index contributed by atoms with van der Waals surface area (Å²) < 4.78 is 46.5. The van der Waals surface area contributed by atoms with E-state index < -0.39 is 12.8 Å². The minimum atomic E-state index is -4.35. The lowest BCUT2D eigenvalue weighted by Crippen LogP contribution is -2.24. The molecule has 8 heteroatoms. The number of halogens is 4. The number of hydroxylamine groups is 1. The summed E-state index contributed by atoms with van der Waals surface area (Å²) in [5.41, 5.74) is 2.95. The molecule has 1 aliphatic rings. The van der Waals surface area contributed by atoms with Crippen LogP contribution in [0.5, 0.6) is 11.5 Å². The van der Waals surface area contributed by atoms with Gasteiger partial charge >= 0.3 is 6.18 Å². The van der Waals surface area contributed by atoms with Gasteiger partial charge < -0.3 is 9.47 Å². The molecule has 0 aromatic heterocycles. The Kier molecular flexibility index (Phi) is 3.98. The fraction of sp³-hybridized carbons (Fsp3) is 0.400. The summed E-state index contributed by atoms with van der Waals surface area (Å²) in [5.74, 6) is 1.16. The highest BCUT2D eigenvalue weighted by atomic mass is 79.9. The van der Waals surface area contributed by atoms with E-state index in [1.807, 2.05) is 0 Å². The predicted molar refractivity (Wildman–Crippen MR) is 59.1 cm³/mol. The van der Waals surface area contributed by atoms with Crippen LogP contribution in [-0.2, 0) is 11.4 Å². The van der Waals surface area contributed by atoms with Crippen LogP contribution in [0.1, 0.15) is 5.56 Å². The zero-order valence-electron chi connectivity index (χ0n) is 9.01. The van der Waals surface area contributed by atoms with Crippen molar-refractivity contribution in [3.8, 4) is 11.5 Å². The van der Waals surface area contributed by atoms with Gasteiger partial charge in [-0.3, -0.25) is 4.84 Å². The van der Waals surface area contributed by atoms with Crippen molar-refractivity contribution < 1.29 is 27.5 Å². The van der Waals surface area contributed by atoms with Gasteiger partial charge in [0.1, 0.15) is 0 Å². The lowest BCUT2D eigenvalue weighted by molar-refractivity contribution is -0.190. The lowest BCUT2D eigenvalue weighted by atomic mass is 10.2. The second-order valence-corrected chi connectivity index (χ2v) is 4.38. The smallest absolute Gasteiger partial charge is 0.413 e. The van der Waals surface area contributed by atoms with Gasteiger partial charge in [-0.1, -0.05) is 15.9 Å². The Hall–Kier alpha value is -0.990. The highest BCUT2D eigenvalue weighted by molar-refractivity contribution is 9.10. The highest BCUT2D eigenvalue weighted by Crippen LogP contribution is 2.36. The Bertz CT molecular complexity index is 439. The maximum atomic E-state index is 11.8. The molecule has 0 radical (unpaired) electrons. The Morgan fingerprint density at radius 1 is 1.28 bits per heavy atom. The average molecular weight is 328 g/mol. The summed E-state index contributed by atoms with van der Waals surface area (Å²) in [7, 11) is 0. The van der Waals surface area contributed by atoms with E-state index in [-0.39, 0.29) is 13.3 Å². The molecule has 0 saturated heterocycles. The minimum absolute atomic E-state index is 0.118. The van der Waals surface area contributed by atoms with Gasteiger partial charge in [-0.05, 0) is 17.7 Å². The molecule has 0 saturated carbocycles. The van der Waals surface area contributed by atoms with Gasteiger partial charge in [0.15, 0.2) is 18.1 Å². The van der Waals surface area contributed by atoms with Gasteiger partial charge in [0.25, 0.3) is 0 Å². The van der Waals surface area contributed by atoms with Crippen molar-refractivity contribution in [1.82, 2.24) is 5.48 Å². The van der Waals surface area contributed by atoms with E-state index in [1.54, 1.807) is 12.1 Å². The molecule has 0 fully saturated rings. The Morgan fingerprint density at radius 3 is 2.61 bits per heavy atom. The number of benzene rings is 1. The highest BCUT2D eigenvalue weighted by Gasteiger charge is 2.27. The van der Waals surface area contributed by atoms with E-state index in [1.165, 1.54) is 0 Å². The monoisotopic (exact) mass is 327 g/mol. The maximum absolute atomic E-state index is 11.8. The van der Waals surface area contributed by atoms with Crippen molar-refractivity contribution in [3.63, 3.8) is 0 Å². The SMILES string of the molecule is FC(F)(F)CONCc1cc2c(cc1Br)OCO2. The van der Waals surface area contributed by atoms with Crippen LogP contribution in [0.15, 0.2) is 16.6 Å². The van der Waals surface area contributed by atoms with Crippen molar-refractivity contribution in [3.05, 3.63) is 22.2 Å². The van der Waals surface area contributed by atoms with Gasteiger partial charge in [0.2, 0.25) is 6.79 Å². The van der Waals surface area contributed by atoms with E-state index in [4.69, 9.17) is 9.47 Å². The third-order valence-electron chi connectivity index (χ3n) is 2.14. The molecule has 0 unspecified atom stereocenters. The van der Waals surface area contributed by atoms with E-state index in [0.717, 1.165) is 0 Å². The molecule has 0 spiro atoms. The summed E-state index contributed by atoms with van der Waals surface area (Å²) in [6.45, 7) is -1.08. The third-order valence-corrected chi connectivity index (χ3v) is 2.88. The first kappa shape index (κ1) is 13.4. The number of ether oxygens (including phenoxy) is 2. The van der Waals surface area contributed by atoms with Crippen LogP contribution in [0.2, 0.25) is 0 Å². The number of hydrogen-bond acceptors (Lipinski definition) is 4. The van der Waals surface area contributed by atoms with Crippen LogP contribution < -0.4 is 15.0 Å². The summed E-state index contributed by atoms with van der Waals surface area (Å²) in [6, 6.07) is 3.37. The Morgan fingerprint density at radius 2 is 1.94 bits per heavy atom. The van der Waals surface area contributed by atoms with Crippen LogP contribution in [0, 0.1) is 0 Å². The van der Waals surface area contributed by atoms with Crippen molar-refractivity contribution in [2.45, 2.75) is 12.7 Å². The molecule has 18 heavy (non-hydrogen) atoms. The van der Waals surface area contributed by atoms with Crippen LogP contribution in [-0.4, -0.2) is 19.6 Å². The van der Waals surface area contributed by atoms with E-state index >= 15 is 0 Å². The molecule has 1 aromatic rings. The van der Waals surface area contributed by atoms with Gasteiger partial charge in [-0.2, -0.15) is 18.7 Å². The summed E-state index contributed by atoms with van der Waals surface area (Å²) in [5, 5.41) is 0. The Labute approximate surface area is 109 Å². The molecule has 100 valence electrons. The van der Waals surface area contributed by atoms with E-state index in [0.29, 0.717) is 21.5 Å². The lowest BCUT2D eigenvalue weighted by Gasteiger charge is -2.10. The van der Waals surface area contributed by atoms with Gasteiger partial charge in [-0.25, -0.2) is 0 Å². The Balaban J connectivity index is 1.90. The molecule has 0 aliphatic carbocycles. The summed E-state index contributed by atoms with van der Waals surface area (Å²) in [4.78, 5) is 4.31. The van der Waals surface area contributed by atoms with Crippen LogP contribution in [0.25, 0.3) is 0 Å². The maximum Gasteiger partial charge on any atom is 0.413 e. The topological polar surface area (TPSA) is 39.7 Å². The molecule has 1 N–H and O–H groups in total.